The summed E-state index contributed by atoms with van der Waals surface area (Å²) in [5.41, 5.74) is 3.32. The summed E-state index contributed by atoms with van der Waals surface area (Å²) in [4.78, 5) is 37.1. The number of likely N-dealkylation sites (tertiary alicyclic amines) is 1. The zero-order valence-corrected chi connectivity index (χ0v) is 15.0. The van der Waals surface area contributed by atoms with Crippen molar-refractivity contribution in [2.45, 2.75) is 33.2 Å². The van der Waals surface area contributed by atoms with Crippen LogP contribution in [0.3, 0.4) is 0 Å². The van der Waals surface area contributed by atoms with Crippen LogP contribution in [0.5, 0.6) is 0 Å². The Bertz CT molecular complexity index is 839. The van der Waals surface area contributed by atoms with Gasteiger partial charge in [-0.1, -0.05) is 30.3 Å². The number of aryl methyl sites for hydroxylation is 1. The Morgan fingerprint density at radius 2 is 1.88 bits per heavy atom. The summed E-state index contributed by atoms with van der Waals surface area (Å²) in [5, 5.41) is 0. The molecule has 1 aromatic carbocycles. The molecule has 0 spiro atoms. The van der Waals surface area contributed by atoms with Gasteiger partial charge < -0.3 is 9.30 Å². The lowest BCUT2D eigenvalue weighted by molar-refractivity contribution is -0.143. The number of carbonyl (C=O) groups excluding carboxylic acids is 3. The normalized spacial score (nSPS) is 13.9. The van der Waals surface area contributed by atoms with Crippen molar-refractivity contribution in [1.29, 1.82) is 0 Å². The largest absolute Gasteiger partial charge is 0.452 e. The van der Waals surface area contributed by atoms with Crippen molar-refractivity contribution >= 4 is 17.8 Å². The van der Waals surface area contributed by atoms with E-state index in [4.69, 9.17) is 4.74 Å². The molecule has 0 radical (unpaired) electrons. The van der Waals surface area contributed by atoms with Crippen LogP contribution in [-0.2, 0) is 20.9 Å². The molecule has 3 rings (SSSR count). The molecule has 6 nitrogen and oxygen atoms in total. The summed E-state index contributed by atoms with van der Waals surface area (Å²) in [6.45, 7) is 4.44. The fraction of sp³-hybridized carbons (Fsp3) is 0.350. The monoisotopic (exact) mass is 354 g/mol. The molecule has 1 aliphatic rings. The zero-order chi connectivity index (χ0) is 18.7. The summed E-state index contributed by atoms with van der Waals surface area (Å²) in [6.07, 6.45) is 1.04. The zero-order valence-electron chi connectivity index (χ0n) is 15.0. The van der Waals surface area contributed by atoms with Crippen molar-refractivity contribution in [1.82, 2.24) is 9.47 Å². The Morgan fingerprint density at radius 3 is 2.54 bits per heavy atom. The summed E-state index contributed by atoms with van der Waals surface area (Å²) < 4.78 is 7.19. The first kappa shape index (κ1) is 17.9. The summed E-state index contributed by atoms with van der Waals surface area (Å²) >= 11 is 0. The van der Waals surface area contributed by atoms with Gasteiger partial charge >= 0.3 is 5.97 Å². The van der Waals surface area contributed by atoms with Crippen LogP contribution in [0.1, 0.15) is 40.2 Å². The maximum atomic E-state index is 12.4. The van der Waals surface area contributed by atoms with Gasteiger partial charge in [-0.25, -0.2) is 4.79 Å². The number of esters is 1. The molecule has 0 N–H and O–H groups in total. The first-order valence-corrected chi connectivity index (χ1v) is 8.68. The van der Waals surface area contributed by atoms with Crippen molar-refractivity contribution in [3.05, 3.63) is 58.9 Å². The van der Waals surface area contributed by atoms with E-state index in [0.29, 0.717) is 31.5 Å². The smallest absolute Gasteiger partial charge is 0.340 e. The van der Waals surface area contributed by atoms with Gasteiger partial charge in [0.1, 0.15) is 0 Å². The number of nitrogens with zero attached hydrogens (tertiary/aromatic N) is 2. The molecule has 6 heteroatoms. The van der Waals surface area contributed by atoms with Crippen molar-refractivity contribution in [3.8, 4) is 0 Å². The van der Waals surface area contributed by atoms with Crippen molar-refractivity contribution in [3.63, 3.8) is 0 Å². The Balaban J connectivity index is 1.67. The fourth-order valence-corrected chi connectivity index (χ4v) is 3.21. The van der Waals surface area contributed by atoms with E-state index in [1.54, 1.807) is 6.07 Å². The molecule has 0 unspecified atom stereocenters. The van der Waals surface area contributed by atoms with E-state index in [1.807, 2.05) is 48.7 Å². The van der Waals surface area contributed by atoms with Crippen LogP contribution in [0.4, 0.5) is 0 Å². The van der Waals surface area contributed by atoms with Gasteiger partial charge in [0.2, 0.25) is 5.91 Å². The van der Waals surface area contributed by atoms with Gasteiger partial charge in [0.25, 0.3) is 5.91 Å². The second-order valence-corrected chi connectivity index (χ2v) is 6.48. The number of ether oxygens (including phenoxy) is 1. The highest BCUT2D eigenvalue weighted by molar-refractivity contribution is 5.99. The number of hydrogen-bond acceptors (Lipinski definition) is 4. The predicted octanol–water partition coefficient (Wildman–Crippen LogP) is 2.46. The molecule has 0 atom stereocenters. The number of hydrogen-bond donors (Lipinski definition) is 0. The molecule has 136 valence electrons. The molecule has 0 aliphatic carbocycles. The molecule has 0 saturated carbocycles. The molecule has 1 aliphatic heterocycles. The molecule has 1 fully saturated rings. The summed E-state index contributed by atoms with van der Waals surface area (Å²) in [6, 6.07) is 11.7. The van der Waals surface area contributed by atoms with E-state index in [0.717, 1.165) is 21.9 Å². The molecule has 2 aromatic rings. The SMILES string of the molecule is Cc1cc(C(=O)OCC(=O)N2CCCC2=O)c(C)n1Cc1ccccc1. The number of carbonyl (C=O) groups is 3. The van der Waals surface area contributed by atoms with E-state index in [-0.39, 0.29) is 5.91 Å². The fourth-order valence-electron chi connectivity index (χ4n) is 3.21. The van der Waals surface area contributed by atoms with Gasteiger partial charge in [0.05, 0.1) is 5.56 Å². The minimum absolute atomic E-state index is 0.202. The van der Waals surface area contributed by atoms with E-state index >= 15 is 0 Å². The molecule has 26 heavy (non-hydrogen) atoms. The maximum Gasteiger partial charge on any atom is 0.340 e. The number of rotatable bonds is 5. The highest BCUT2D eigenvalue weighted by atomic mass is 16.5. The summed E-state index contributed by atoms with van der Waals surface area (Å²) in [5.74, 6) is -1.21. The molecular weight excluding hydrogens is 332 g/mol. The molecule has 2 heterocycles. The second-order valence-electron chi connectivity index (χ2n) is 6.48. The van der Waals surface area contributed by atoms with E-state index < -0.39 is 18.5 Å². The third-order valence-corrected chi connectivity index (χ3v) is 4.68. The second kappa shape index (κ2) is 7.56. The van der Waals surface area contributed by atoms with Gasteiger partial charge in [0.15, 0.2) is 6.61 Å². The van der Waals surface area contributed by atoms with Gasteiger partial charge in [-0.3, -0.25) is 14.5 Å². The molecular formula is C20H22N2O4. The molecule has 2 amide bonds. The number of benzene rings is 1. The Labute approximate surface area is 152 Å². The van der Waals surface area contributed by atoms with Crippen LogP contribution in [0.2, 0.25) is 0 Å². The molecule has 1 saturated heterocycles. The van der Waals surface area contributed by atoms with Gasteiger partial charge in [-0.05, 0) is 31.9 Å². The van der Waals surface area contributed by atoms with Crippen LogP contribution < -0.4 is 0 Å². The maximum absolute atomic E-state index is 12.4. The van der Waals surface area contributed by atoms with Gasteiger partial charge in [0, 0.05) is 30.9 Å². The third-order valence-electron chi connectivity index (χ3n) is 4.68. The number of aromatic nitrogens is 1. The van der Waals surface area contributed by atoms with E-state index in [9.17, 15) is 14.4 Å². The first-order valence-electron chi connectivity index (χ1n) is 8.68. The standard InChI is InChI=1S/C20H22N2O4/c1-14-11-17(15(2)22(14)12-16-7-4-3-5-8-16)20(25)26-13-19(24)21-10-6-9-18(21)23/h3-5,7-8,11H,6,9-10,12-13H2,1-2H3. The minimum atomic E-state index is -0.544. The van der Waals surface area contributed by atoms with Crippen LogP contribution in [-0.4, -0.2) is 40.4 Å². The molecule has 1 aromatic heterocycles. The first-order chi connectivity index (χ1) is 12.5. The van der Waals surface area contributed by atoms with Gasteiger partial charge in [-0.15, -0.1) is 0 Å². The lowest BCUT2D eigenvalue weighted by atomic mass is 10.2. The summed E-state index contributed by atoms with van der Waals surface area (Å²) in [7, 11) is 0. The highest BCUT2D eigenvalue weighted by Crippen LogP contribution is 2.18. The van der Waals surface area contributed by atoms with Crippen molar-refractivity contribution in [2.75, 3.05) is 13.2 Å². The lowest BCUT2D eigenvalue weighted by Crippen LogP contribution is -2.35. The predicted molar refractivity (Wildman–Crippen MR) is 95.7 cm³/mol. The lowest BCUT2D eigenvalue weighted by Gasteiger charge is -2.13. The molecule has 0 bridgehead atoms. The van der Waals surface area contributed by atoms with Crippen molar-refractivity contribution in [2.24, 2.45) is 0 Å². The number of imide groups is 1. The van der Waals surface area contributed by atoms with E-state index in [1.165, 1.54) is 0 Å². The minimum Gasteiger partial charge on any atom is -0.452 e. The topological polar surface area (TPSA) is 68.6 Å². The quantitative estimate of drug-likeness (QED) is 0.774. The Hall–Kier alpha value is -2.89. The van der Waals surface area contributed by atoms with Crippen LogP contribution in [0, 0.1) is 13.8 Å². The van der Waals surface area contributed by atoms with Crippen LogP contribution in [0.25, 0.3) is 0 Å². The number of amides is 2. The van der Waals surface area contributed by atoms with Crippen LogP contribution >= 0.6 is 0 Å². The Morgan fingerprint density at radius 1 is 1.15 bits per heavy atom. The van der Waals surface area contributed by atoms with Crippen molar-refractivity contribution < 1.29 is 19.1 Å². The van der Waals surface area contributed by atoms with E-state index in [2.05, 4.69) is 0 Å². The highest BCUT2D eigenvalue weighted by Gasteiger charge is 2.27. The average Bonchev–Trinajstić information content (AvgIpc) is 3.18. The average molecular weight is 354 g/mol. The van der Waals surface area contributed by atoms with Gasteiger partial charge in [-0.2, -0.15) is 0 Å². The Kier molecular flexibility index (Phi) is 5.21. The van der Waals surface area contributed by atoms with Crippen LogP contribution in [0.15, 0.2) is 36.4 Å². The third kappa shape index (κ3) is 3.69.